The number of amides is 1. The van der Waals surface area contributed by atoms with E-state index in [1.807, 2.05) is 17.5 Å². The minimum atomic E-state index is -0.433. The van der Waals surface area contributed by atoms with Crippen molar-refractivity contribution in [2.24, 2.45) is 19.5 Å². The third-order valence-electron chi connectivity index (χ3n) is 3.87. The van der Waals surface area contributed by atoms with Crippen LogP contribution < -0.4 is 16.6 Å². The molecule has 0 saturated carbocycles. The Morgan fingerprint density at radius 3 is 2.52 bits per heavy atom. The molecule has 0 aliphatic rings. The van der Waals surface area contributed by atoms with Gasteiger partial charge in [-0.1, -0.05) is 26.8 Å². The molecule has 25 heavy (non-hydrogen) atoms. The van der Waals surface area contributed by atoms with Crippen molar-refractivity contribution < 1.29 is 4.79 Å². The lowest BCUT2D eigenvalue weighted by molar-refractivity contribution is -0.117. The molecule has 0 aliphatic carbocycles. The first-order valence-electron chi connectivity index (χ1n) is 7.90. The third kappa shape index (κ3) is 4.36. The predicted molar refractivity (Wildman–Crippen MR) is 101 cm³/mol. The Morgan fingerprint density at radius 2 is 1.96 bits per heavy atom. The maximum Gasteiger partial charge on any atom is 0.330 e. The van der Waals surface area contributed by atoms with Crippen LogP contribution in [0.4, 0.5) is 0 Å². The number of carbonyl (C=O) groups is 1. The molecule has 0 aliphatic heterocycles. The molecule has 0 radical (unpaired) electrons. The monoisotopic (exact) mass is 361 g/mol. The van der Waals surface area contributed by atoms with E-state index in [1.165, 1.54) is 30.0 Å². The number of carbonyl (C=O) groups excluding carboxylic acids is 1. The maximum atomic E-state index is 12.3. The first-order chi connectivity index (χ1) is 11.6. The van der Waals surface area contributed by atoms with Crippen LogP contribution in [0.1, 0.15) is 37.3 Å². The third-order valence-corrected chi connectivity index (χ3v) is 4.80. The highest BCUT2D eigenvalue weighted by molar-refractivity contribution is 7.10. The molecule has 0 aromatic carbocycles. The summed E-state index contributed by atoms with van der Waals surface area (Å²) in [5, 5.41) is 4.97. The molecule has 1 atom stereocenters. The predicted octanol–water partition coefficient (Wildman–Crippen LogP) is 2.06. The van der Waals surface area contributed by atoms with Crippen LogP contribution in [0.2, 0.25) is 0 Å². The van der Waals surface area contributed by atoms with Crippen molar-refractivity contribution in [2.75, 3.05) is 0 Å². The van der Waals surface area contributed by atoms with Crippen LogP contribution in [-0.4, -0.2) is 15.0 Å². The zero-order valence-corrected chi connectivity index (χ0v) is 15.9. The molecule has 0 saturated heterocycles. The van der Waals surface area contributed by atoms with Crippen LogP contribution in [0.25, 0.3) is 6.08 Å². The van der Waals surface area contributed by atoms with Crippen LogP contribution in [-0.2, 0) is 18.9 Å². The second kappa shape index (κ2) is 7.23. The average molecular weight is 361 g/mol. The molecule has 2 heterocycles. The maximum absolute atomic E-state index is 12.3. The Labute approximate surface area is 150 Å². The van der Waals surface area contributed by atoms with Gasteiger partial charge in [0.2, 0.25) is 5.91 Å². The summed E-state index contributed by atoms with van der Waals surface area (Å²) in [6, 6.07) is 3.81. The highest BCUT2D eigenvalue weighted by atomic mass is 32.1. The van der Waals surface area contributed by atoms with Gasteiger partial charge in [0.1, 0.15) is 0 Å². The largest absolute Gasteiger partial charge is 0.344 e. The Morgan fingerprint density at radius 1 is 1.28 bits per heavy atom. The molecule has 7 heteroatoms. The minimum absolute atomic E-state index is 0.132. The second-order valence-corrected chi connectivity index (χ2v) is 7.98. The molecule has 0 bridgehead atoms. The zero-order valence-electron chi connectivity index (χ0n) is 15.1. The van der Waals surface area contributed by atoms with E-state index in [2.05, 4.69) is 26.1 Å². The molecule has 0 spiro atoms. The molecule has 1 amide bonds. The minimum Gasteiger partial charge on any atom is -0.344 e. The molecule has 1 unspecified atom stereocenters. The summed E-state index contributed by atoms with van der Waals surface area (Å²) in [5.41, 5.74) is -0.709. The second-order valence-electron chi connectivity index (χ2n) is 7.00. The van der Waals surface area contributed by atoms with E-state index in [0.717, 1.165) is 9.44 Å². The first kappa shape index (κ1) is 18.9. The SMILES string of the molecule is Cn1cc(C=CC(=O)NC(c2cccs2)C(C)(C)C)c(=O)n(C)c1=O. The van der Waals surface area contributed by atoms with E-state index in [9.17, 15) is 14.4 Å². The van der Waals surface area contributed by atoms with Crippen molar-refractivity contribution in [3.05, 3.63) is 61.1 Å². The number of nitrogens with zero attached hydrogens (tertiary/aromatic N) is 2. The van der Waals surface area contributed by atoms with Crippen molar-refractivity contribution in [3.63, 3.8) is 0 Å². The summed E-state index contributed by atoms with van der Waals surface area (Å²) in [4.78, 5) is 37.2. The van der Waals surface area contributed by atoms with Crippen LogP contribution >= 0.6 is 11.3 Å². The summed E-state index contributed by atoms with van der Waals surface area (Å²) in [6.45, 7) is 6.18. The summed E-state index contributed by atoms with van der Waals surface area (Å²) in [5.74, 6) is -0.288. The first-order valence-corrected chi connectivity index (χ1v) is 8.78. The van der Waals surface area contributed by atoms with Gasteiger partial charge in [0.05, 0.1) is 11.6 Å². The van der Waals surface area contributed by atoms with Gasteiger partial charge in [-0.2, -0.15) is 0 Å². The molecule has 6 nitrogen and oxygen atoms in total. The zero-order chi connectivity index (χ0) is 18.8. The van der Waals surface area contributed by atoms with Gasteiger partial charge in [-0.15, -0.1) is 11.3 Å². The number of aromatic nitrogens is 2. The van der Waals surface area contributed by atoms with E-state index in [1.54, 1.807) is 18.4 Å². The Kier molecular flexibility index (Phi) is 5.47. The van der Waals surface area contributed by atoms with Crippen LogP contribution in [0.15, 0.2) is 39.4 Å². The highest BCUT2D eigenvalue weighted by Crippen LogP contribution is 2.35. The van der Waals surface area contributed by atoms with Crippen LogP contribution in [0, 0.1) is 5.41 Å². The number of rotatable bonds is 4. The normalized spacial score (nSPS) is 13.2. The number of aryl methyl sites for hydroxylation is 1. The number of hydrogen-bond donors (Lipinski definition) is 1. The fourth-order valence-electron chi connectivity index (χ4n) is 2.48. The lowest BCUT2D eigenvalue weighted by Crippen LogP contribution is -2.37. The average Bonchev–Trinajstić information content (AvgIpc) is 3.05. The molecule has 134 valence electrons. The standard InChI is InChI=1S/C18H23N3O3S/c1-18(2,3)15(13-7-6-10-25-13)19-14(22)9-8-12-11-20(4)17(24)21(5)16(12)23/h6-11,15H,1-5H3,(H,19,22). The van der Waals surface area contributed by atoms with Gasteiger partial charge in [-0.25, -0.2) is 4.79 Å². The lowest BCUT2D eigenvalue weighted by Gasteiger charge is -2.30. The van der Waals surface area contributed by atoms with Gasteiger partial charge in [0.15, 0.2) is 0 Å². The van der Waals surface area contributed by atoms with Gasteiger partial charge in [-0.05, 0) is 22.9 Å². The molecule has 2 aromatic rings. The van der Waals surface area contributed by atoms with Crippen LogP contribution in [0.5, 0.6) is 0 Å². The summed E-state index contributed by atoms with van der Waals surface area (Å²) >= 11 is 1.59. The molecule has 2 aromatic heterocycles. The van der Waals surface area contributed by atoms with E-state index >= 15 is 0 Å². The van der Waals surface area contributed by atoms with Crippen molar-refractivity contribution in [1.82, 2.24) is 14.5 Å². The number of nitrogens with one attached hydrogen (secondary N) is 1. The molecular formula is C18H23N3O3S. The van der Waals surface area contributed by atoms with Crippen molar-refractivity contribution in [2.45, 2.75) is 26.8 Å². The summed E-state index contributed by atoms with van der Waals surface area (Å²) < 4.78 is 2.32. The number of hydrogen-bond acceptors (Lipinski definition) is 4. The van der Waals surface area contributed by atoms with E-state index in [-0.39, 0.29) is 22.9 Å². The van der Waals surface area contributed by atoms with Gasteiger partial charge < -0.3 is 9.88 Å². The fourth-order valence-corrected chi connectivity index (χ4v) is 3.50. The smallest absolute Gasteiger partial charge is 0.330 e. The molecule has 2 rings (SSSR count). The molecular weight excluding hydrogens is 338 g/mol. The topological polar surface area (TPSA) is 73.1 Å². The summed E-state index contributed by atoms with van der Waals surface area (Å²) in [6.07, 6.45) is 4.19. The summed E-state index contributed by atoms with van der Waals surface area (Å²) in [7, 11) is 2.97. The van der Waals surface area contributed by atoms with Gasteiger partial charge in [0, 0.05) is 31.2 Å². The van der Waals surface area contributed by atoms with Crippen LogP contribution in [0.3, 0.4) is 0 Å². The quantitative estimate of drug-likeness (QED) is 0.847. The molecule has 0 fully saturated rings. The Balaban J connectivity index is 2.23. The van der Waals surface area contributed by atoms with Gasteiger partial charge >= 0.3 is 5.69 Å². The van der Waals surface area contributed by atoms with E-state index in [4.69, 9.17) is 0 Å². The van der Waals surface area contributed by atoms with Gasteiger partial charge in [0.25, 0.3) is 5.56 Å². The lowest BCUT2D eigenvalue weighted by atomic mass is 9.85. The Hall–Kier alpha value is -2.41. The van der Waals surface area contributed by atoms with Crippen molar-refractivity contribution in [3.8, 4) is 0 Å². The number of thiophene rings is 1. The Bertz CT molecular complexity index is 899. The fraction of sp³-hybridized carbons (Fsp3) is 0.389. The van der Waals surface area contributed by atoms with E-state index in [0.29, 0.717) is 0 Å². The molecule has 1 N–H and O–H groups in total. The van der Waals surface area contributed by atoms with Crippen molar-refractivity contribution in [1.29, 1.82) is 0 Å². The van der Waals surface area contributed by atoms with E-state index < -0.39 is 11.2 Å². The van der Waals surface area contributed by atoms with Gasteiger partial charge in [-0.3, -0.25) is 14.2 Å². The highest BCUT2D eigenvalue weighted by Gasteiger charge is 2.28. The van der Waals surface area contributed by atoms with Crippen molar-refractivity contribution >= 4 is 23.3 Å².